The van der Waals surface area contributed by atoms with Crippen LogP contribution >= 0.6 is 31.9 Å². The van der Waals surface area contributed by atoms with Crippen molar-refractivity contribution in [3.05, 3.63) is 61.0 Å². The fourth-order valence-electron chi connectivity index (χ4n) is 3.99. The maximum absolute atomic E-state index is 13.4. The van der Waals surface area contributed by atoms with E-state index in [4.69, 9.17) is 14.5 Å². The van der Waals surface area contributed by atoms with Gasteiger partial charge >= 0.3 is 0 Å². The van der Waals surface area contributed by atoms with Crippen molar-refractivity contribution in [3.63, 3.8) is 0 Å². The van der Waals surface area contributed by atoms with E-state index in [0.29, 0.717) is 22.4 Å². The van der Waals surface area contributed by atoms with Gasteiger partial charge in [-0.15, -0.1) is 0 Å². The van der Waals surface area contributed by atoms with Crippen molar-refractivity contribution >= 4 is 49.0 Å². The minimum atomic E-state index is -0.167. The highest BCUT2D eigenvalue weighted by Crippen LogP contribution is 2.34. The van der Waals surface area contributed by atoms with Crippen LogP contribution in [0, 0.1) is 0 Å². The Morgan fingerprint density at radius 3 is 2.48 bits per heavy atom. The Morgan fingerprint density at radius 1 is 1.06 bits per heavy atom. The standard InChI is InChI=1S/C23H23Br2N3O3/c1-30-20-10-15(18(25)12-21(20)31-2)13-26-28-22(14-6-4-3-5-7-14)27-19-9-8-16(24)11-17(19)23(28)29/h8-14H,3-7H2,1-2H3. The lowest BCUT2D eigenvalue weighted by atomic mass is 9.88. The Morgan fingerprint density at radius 2 is 1.77 bits per heavy atom. The molecule has 0 aliphatic heterocycles. The van der Waals surface area contributed by atoms with Gasteiger partial charge in [-0.2, -0.15) is 9.78 Å². The number of methoxy groups -OCH3 is 2. The molecule has 0 bridgehead atoms. The Hall–Kier alpha value is -2.19. The second kappa shape index (κ2) is 9.53. The van der Waals surface area contributed by atoms with E-state index in [1.807, 2.05) is 24.3 Å². The van der Waals surface area contributed by atoms with E-state index < -0.39 is 0 Å². The molecule has 4 rings (SSSR count). The highest BCUT2D eigenvalue weighted by molar-refractivity contribution is 9.10. The number of nitrogens with zero attached hydrogens (tertiary/aromatic N) is 3. The predicted molar refractivity (Wildman–Crippen MR) is 130 cm³/mol. The van der Waals surface area contributed by atoms with Gasteiger partial charge < -0.3 is 9.47 Å². The largest absolute Gasteiger partial charge is 0.493 e. The monoisotopic (exact) mass is 547 g/mol. The zero-order chi connectivity index (χ0) is 22.0. The van der Waals surface area contributed by atoms with Crippen molar-refractivity contribution in [3.8, 4) is 11.5 Å². The fourth-order valence-corrected chi connectivity index (χ4v) is 4.78. The molecule has 2 aromatic carbocycles. The number of rotatable bonds is 5. The number of aromatic nitrogens is 2. The fraction of sp³-hybridized carbons (Fsp3) is 0.348. The van der Waals surface area contributed by atoms with Crippen LogP contribution in [0.2, 0.25) is 0 Å². The van der Waals surface area contributed by atoms with Crippen molar-refractivity contribution in [2.24, 2.45) is 5.10 Å². The zero-order valence-corrected chi connectivity index (χ0v) is 20.6. The van der Waals surface area contributed by atoms with Crippen LogP contribution in [0.5, 0.6) is 11.5 Å². The summed E-state index contributed by atoms with van der Waals surface area (Å²) in [5.41, 5.74) is 1.31. The minimum absolute atomic E-state index is 0.167. The molecule has 1 heterocycles. The van der Waals surface area contributed by atoms with Crippen LogP contribution in [0.3, 0.4) is 0 Å². The number of hydrogen-bond acceptors (Lipinski definition) is 5. The molecule has 3 aromatic rings. The summed E-state index contributed by atoms with van der Waals surface area (Å²) >= 11 is 7.01. The molecular formula is C23H23Br2N3O3. The molecule has 31 heavy (non-hydrogen) atoms. The van der Waals surface area contributed by atoms with Crippen molar-refractivity contribution in [1.29, 1.82) is 0 Å². The molecule has 0 spiro atoms. The molecule has 1 aromatic heterocycles. The molecule has 8 heteroatoms. The smallest absolute Gasteiger partial charge is 0.282 e. The summed E-state index contributed by atoms with van der Waals surface area (Å²) < 4.78 is 13.8. The molecule has 0 atom stereocenters. The minimum Gasteiger partial charge on any atom is -0.493 e. The molecule has 1 saturated carbocycles. The van der Waals surface area contributed by atoms with Crippen molar-refractivity contribution < 1.29 is 9.47 Å². The molecule has 0 unspecified atom stereocenters. The van der Waals surface area contributed by atoms with E-state index in [1.165, 1.54) is 11.1 Å². The van der Waals surface area contributed by atoms with Crippen LogP contribution in [0.1, 0.15) is 49.4 Å². The van der Waals surface area contributed by atoms with E-state index in [1.54, 1.807) is 26.5 Å². The van der Waals surface area contributed by atoms with E-state index >= 15 is 0 Å². The molecular weight excluding hydrogens is 526 g/mol. The third-order valence-corrected chi connectivity index (χ3v) is 6.80. The van der Waals surface area contributed by atoms with Gasteiger partial charge in [-0.25, -0.2) is 4.98 Å². The quantitative estimate of drug-likeness (QED) is 0.374. The summed E-state index contributed by atoms with van der Waals surface area (Å²) in [6.07, 6.45) is 7.20. The normalized spacial score (nSPS) is 15.0. The number of hydrogen-bond donors (Lipinski definition) is 0. The summed E-state index contributed by atoms with van der Waals surface area (Å²) in [5.74, 6) is 2.16. The average Bonchev–Trinajstić information content (AvgIpc) is 2.79. The van der Waals surface area contributed by atoms with Gasteiger partial charge in [0.15, 0.2) is 11.5 Å². The van der Waals surface area contributed by atoms with E-state index in [0.717, 1.165) is 46.0 Å². The third-order valence-electron chi connectivity index (χ3n) is 5.62. The summed E-state index contributed by atoms with van der Waals surface area (Å²) in [5, 5.41) is 5.14. The molecule has 0 radical (unpaired) electrons. The van der Waals surface area contributed by atoms with Gasteiger partial charge in [0.05, 0.1) is 31.3 Å². The molecule has 6 nitrogen and oxygen atoms in total. The molecule has 162 valence electrons. The topological polar surface area (TPSA) is 65.7 Å². The van der Waals surface area contributed by atoms with Crippen LogP contribution in [0.4, 0.5) is 0 Å². The molecule has 1 aliphatic rings. The number of ether oxygens (including phenoxy) is 2. The first-order valence-electron chi connectivity index (χ1n) is 10.2. The van der Waals surface area contributed by atoms with Gasteiger partial charge in [-0.3, -0.25) is 4.79 Å². The first-order valence-corrected chi connectivity index (χ1v) is 11.8. The Kier molecular flexibility index (Phi) is 6.77. The van der Waals surface area contributed by atoms with Gasteiger partial charge in [-0.1, -0.05) is 35.2 Å². The van der Waals surface area contributed by atoms with Gasteiger partial charge in [0.25, 0.3) is 5.56 Å². The predicted octanol–water partition coefficient (Wildman–Crippen LogP) is 5.87. The highest BCUT2D eigenvalue weighted by Gasteiger charge is 2.22. The lowest BCUT2D eigenvalue weighted by molar-refractivity contribution is 0.354. The van der Waals surface area contributed by atoms with Crippen molar-refractivity contribution in [1.82, 2.24) is 9.66 Å². The summed E-state index contributed by atoms with van der Waals surface area (Å²) in [4.78, 5) is 18.3. The summed E-state index contributed by atoms with van der Waals surface area (Å²) in [6.45, 7) is 0. The first-order chi connectivity index (χ1) is 15.0. The van der Waals surface area contributed by atoms with Crippen molar-refractivity contribution in [2.45, 2.75) is 38.0 Å². The molecule has 1 aliphatic carbocycles. The molecule has 1 fully saturated rings. The van der Waals surface area contributed by atoms with E-state index in [2.05, 4.69) is 37.0 Å². The maximum atomic E-state index is 13.4. The highest BCUT2D eigenvalue weighted by atomic mass is 79.9. The van der Waals surface area contributed by atoms with E-state index in [9.17, 15) is 4.79 Å². The Balaban J connectivity index is 1.86. The number of halogens is 2. The number of benzene rings is 2. The Labute approximate surface area is 197 Å². The lowest BCUT2D eigenvalue weighted by Gasteiger charge is -2.22. The van der Waals surface area contributed by atoms with Crippen LogP contribution in [0.15, 0.2) is 49.2 Å². The average molecular weight is 549 g/mol. The SMILES string of the molecule is COc1cc(Br)c(C=Nn2c(C3CCCCC3)nc3ccc(Br)cc3c2=O)cc1OC. The van der Waals surface area contributed by atoms with Gasteiger partial charge in [0.2, 0.25) is 0 Å². The third kappa shape index (κ3) is 4.55. The van der Waals surface area contributed by atoms with Crippen molar-refractivity contribution in [2.75, 3.05) is 14.2 Å². The second-order valence-electron chi connectivity index (χ2n) is 7.56. The molecule has 0 amide bonds. The molecule has 0 N–H and O–H groups in total. The first kappa shape index (κ1) is 22.0. The van der Waals surface area contributed by atoms with Gasteiger partial charge in [-0.05, 0) is 59.1 Å². The van der Waals surface area contributed by atoms with Crippen LogP contribution in [0.25, 0.3) is 10.9 Å². The zero-order valence-electron chi connectivity index (χ0n) is 17.4. The maximum Gasteiger partial charge on any atom is 0.282 e. The summed E-state index contributed by atoms with van der Waals surface area (Å²) in [6, 6.07) is 9.23. The van der Waals surface area contributed by atoms with Crippen LogP contribution in [-0.4, -0.2) is 30.1 Å². The van der Waals surface area contributed by atoms with E-state index in [-0.39, 0.29) is 11.5 Å². The lowest BCUT2D eigenvalue weighted by Crippen LogP contribution is -2.25. The number of fused-ring (bicyclic) bond motifs is 1. The Bertz CT molecular complexity index is 1200. The second-order valence-corrected chi connectivity index (χ2v) is 9.33. The molecule has 0 saturated heterocycles. The van der Waals surface area contributed by atoms with Crippen LogP contribution < -0.4 is 15.0 Å². The van der Waals surface area contributed by atoms with Crippen LogP contribution in [-0.2, 0) is 0 Å². The van der Waals surface area contributed by atoms with Gasteiger partial charge in [0.1, 0.15) is 5.82 Å². The summed E-state index contributed by atoms with van der Waals surface area (Å²) in [7, 11) is 3.18. The van der Waals surface area contributed by atoms with Gasteiger partial charge in [0, 0.05) is 20.4 Å².